The Morgan fingerprint density at radius 2 is 1.67 bits per heavy atom. The third kappa shape index (κ3) is 6.32. The maximum atomic E-state index is 13.1. The molecule has 2 aliphatic rings. The van der Waals surface area contributed by atoms with E-state index in [0.29, 0.717) is 23.0 Å². The lowest BCUT2D eigenvalue weighted by molar-refractivity contribution is -0.208. The van der Waals surface area contributed by atoms with Gasteiger partial charge in [0.05, 0.1) is 18.4 Å². The number of alkyl halides is 3. The number of hydrogen-bond acceptors (Lipinski definition) is 6. The Balaban J connectivity index is 1.39. The summed E-state index contributed by atoms with van der Waals surface area (Å²) in [6, 6.07) is 8.02. The van der Waals surface area contributed by atoms with Crippen LogP contribution in [0.3, 0.4) is 0 Å². The van der Waals surface area contributed by atoms with Crippen LogP contribution >= 0.6 is 0 Å². The summed E-state index contributed by atoms with van der Waals surface area (Å²) in [6.45, 7) is 2.87. The summed E-state index contributed by atoms with van der Waals surface area (Å²) in [5.74, 6) is 0.145. The molecule has 3 atom stereocenters. The number of benzene rings is 1. The summed E-state index contributed by atoms with van der Waals surface area (Å²) in [5.41, 5.74) is 1.15. The molecule has 0 bridgehead atoms. The second-order valence-corrected chi connectivity index (χ2v) is 10.5. The van der Waals surface area contributed by atoms with Gasteiger partial charge < -0.3 is 20.2 Å². The number of rotatable bonds is 10. The first-order valence-corrected chi connectivity index (χ1v) is 13.0. The van der Waals surface area contributed by atoms with Gasteiger partial charge in [0, 0.05) is 23.2 Å². The SMILES string of the molecule is C[C@H](NC(=O)c1cc(-c2cccc(-c3ncc(C(=O)N[C@H](C)C4CC4)o3)c2)nn1CC(O)C(F)(F)F)C1CC1. The van der Waals surface area contributed by atoms with Crippen molar-refractivity contribution in [2.45, 2.75) is 70.4 Å². The van der Waals surface area contributed by atoms with Crippen LogP contribution in [0, 0.1) is 11.8 Å². The second-order valence-electron chi connectivity index (χ2n) is 10.5. The second kappa shape index (κ2) is 10.5. The zero-order valence-electron chi connectivity index (χ0n) is 21.5. The molecule has 3 aromatic rings. The number of nitrogens with zero attached hydrogens (tertiary/aromatic N) is 3. The summed E-state index contributed by atoms with van der Waals surface area (Å²) >= 11 is 0. The molecule has 2 aliphatic carbocycles. The van der Waals surface area contributed by atoms with Crippen LogP contribution in [-0.2, 0) is 6.54 Å². The van der Waals surface area contributed by atoms with E-state index in [1.54, 1.807) is 24.3 Å². The minimum atomic E-state index is -4.87. The van der Waals surface area contributed by atoms with Crippen LogP contribution in [0.25, 0.3) is 22.7 Å². The number of nitrogens with one attached hydrogen (secondary N) is 2. The van der Waals surface area contributed by atoms with Crippen molar-refractivity contribution in [2.24, 2.45) is 11.8 Å². The van der Waals surface area contributed by atoms with Gasteiger partial charge in [-0.1, -0.05) is 12.1 Å². The Morgan fingerprint density at radius 1 is 1.05 bits per heavy atom. The highest BCUT2D eigenvalue weighted by Gasteiger charge is 2.39. The van der Waals surface area contributed by atoms with Crippen LogP contribution in [0.15, 0.2) is 40.9 Å². The predicted octanol–water partition coefficient (Wildman–Crippen LogP) is 4.18. The Bertz CT molecular complexity index is 1360. The molecule has 208 valence electrons. The van der Waals surface area contributed by atoms with E-state index >= 15 is 0 Å². The van der Waals surface area contributed by atoms with Gasteiger partial charge in [-0.25, -0.2) is 4.98 Å². The maximum Gasteiger partial charge on any atom is 0.416 e. The number of amides is 2. The Hall–Kier alpha value is -3.67. The quantitative estimate of drug-likeness (QED) is 0.351. The Labute approximate surface area is 222 Å². The average molecular weight is 546 g/mol. The van der Waals surface area contributed by atoms with Crippen molar-refractivity contribution in [2.75, 3.05) is 0 Å². The fourth-order valence-electron chi connectivity index (χ4n) is 4.46. The van der Waals surface area contributed by atoms with Gasteiger partial charge in [0.1, 0.15) is 5.69 Å². The molecule has 3 N–H and O–H groups in total. The smallest absolute Gasteiger partial charge is 0.416 e. The summed E-state index contributed by atoms with van der Waals surface area (Å²) in [7, 11) is 0. The molecule has 0 spiro atoms. The van der Waals surface area contributed by atoms with Crippen molar-refractivity contribution in [1.82, 2.24) is 25.4 Å². The van der Waals surface area contributed by atoms with Crippen molar-refractivity contribution in [1.29, 1.82) is 0 Å². The van der Waals surface area contributed by atoms with E-state index in [0.717, 1.165) is 30.4 Å². The minimum absolute atomic E-state index is 0.0408. The van der Waals surface area contributed by atoms with Gasteiger partial charge in [-0.05, 0) is 69.6 Å². The number of carbonyl (C=O) groups is 2. The topological polar surface area (TPSA) is 122 Å². The largest absolute Gasteiger partial charge is 0.431 e. The van der Waals surface area contributed by atoms with Crippen molar-refractivity contribution < 1.29 is 32.3 Å². The van der Waals surface area contributed by atoms with E-state index in [1.165, 1.54) is 12.3 Å². The number of halogens is 3. The number of aliphatic hydroxyl groups is 1. The number of carbonyl (C=O) groups excluding carboxylic acids is 2. The molecule has 2 heterocycles. The minimum Gasteiger partial charge on any atom is -0.431 e. The molecular weight excluding hydrogens is 515 g/mol. The van der Waals surface area contributed by atoms with Gasteiger partial charge in [-0.15, -0.1) is 0 Å². The van der Waals surface area contributed by atoms with Crippen LogP contribution in [0.5, 0.6) is 0 Å². The zero-order valence-corrected chi connectivity index (χ0v) is 21.5. The van der Waals surface area contributed by atoms with Gasteiger partial charge >= 0.3 is 6.18 Å². The molecule has 9 nitrogen and oxygen atoms in total. The van der Waals surface area contributed by atoms with Crippen LogP contribution in [0.1, 0.15) is 60.6 Å². The highest BCUT2D eigenvalue weighted by molar-refractivity contribution is 5.94. The van der Waals surface area contributed by atoms with Crippen molar-refractivity contribution in [3.8, 4) is 22.7 Å². The summed E-state index contributed by atoms with van der Waals surface area (Å²) in [6.07, 6.45) is -2.08. The lowest BCUT2D eigenvalue weighted by atomic mass is 10.1. The fraction of sp³-hybridized carbons (Fsp3) is 0.481. The molecule has 1 aromatic carbocycles. The van der Waals surface area contributed by atoms with Gasteiger partial charge in [-0.3, -0.25) is 14.3 Å². The van der Waals surface area contributed by atoms with E-state index < -0.39 is 24.7 Å². The van der Waals surface area contributed by atoms with E-state index in [2.05, 4.69) is 20.7 Å². The molecule has 5 rings (SSSR count). The van der Waals surface area contributed by atoms with Crippen molar-refractivity contribution in [3.05, 3.63) is 48.0 Å². The normalized spacial score (nSPS) is 17.9. The Kier molecular flexibility index (Phi) is 7.23. The third-order valence-corrected chi connectivity index (χ3v) is 7.25. The standard InChI is InChI=1S/C27H30F3N5O4/c1-14(16-6-7-16)32-24(37)21-11-20(34-35(21)13-23(36)27(28,29)30)18-4-3-5-19(10-18)26-31-12-22(39-26)25(38)33-15(2)17-8-9-17/h3-5,10-12,14-17,23,36H,6-9,13H2,1-2H3,(H,32,37)(H,33,38)/t14-,15+,23?/m0/s1. The first kappa shape index (κ1) is 26.9. The first-order chi connectivity index (χ1) is 18.5. The van der Waals surface area contributed by atoms with E-state index in [1.807, 2.05) is 13.8 Å². The highest BCUT2D eigenvalue weighted by atomic mass is 19.4. The predicted molar refractivity (Wildman–Crippen MR) is 135 cm³/mol. The van der Waals surface area contributed by atoms with Crippen LogP contribution < -0.4 is 10.6 Å². The summed E-state index contributed by atoms with van der Waals surface area (Å²) < 4.78 is 45.8. The summed E-state index contributed by atoms with van der Waals surface area (Å²) in [4.78, 5) is 29.7. The fourth-order valence-corrected chi connectivity index (χ4v) is 4.46. The molecule has 2 fully saturated rings. The third-order valence-electron chi connectivity index (χ3n) is 7.25. The molecule has 0 aliphatic heterocycles. The van der Waals surface area contributed by atoms with Crippen LogP contribution in [0.4, 0.5) is 13.2 Å². The van der Waals surface area contributed by atoms with Gasteiger partial charge in [-0.2, -0.15) is 18.3 Å². The maximum absolute atomic E-state index is 13.1. The summed E-state index contributed by atoms with van der Waals surface area (Å²) in [5, 5.41) is 19.6. The lowest BCUT2D eigenvalue weighted by Gasteiger charge is -2.17. The van der Waals surface area contributed by atoms with E-state index in [-0.39, 0.29) is 41.0 Å². The molecule has 39 heavy (non-hydrogen) atoms. The molecule has 12 heteroatoms. The average Bonchev–Trinajstić information content (AvgIpc) is 3.82. The molecule has 2 saturated carbocycles. The number of oxazole rings is 1. The number of aromatic nitrogens is 3. The van der Waals surface area contributed by atoms with E-state index in [4.69, 9.17) is 4.42 Å². The lowest BCUT2D eigenvalue weighted by Crippen LogP contribution is -2.38. The van der Waals surface area contributed by atoms with Gasteiger partial charge in [0.2, 0.25) is 11.7 Å². The first-order valence-electron chi connectivity index (χ1n) is 13.0. The molecule has 0 radical (unpaired) electrons. The van der Waals surface area contributed by atoms with Crippen molar-refractivity contribution in [3.63, 3.8) is 0 Å². The van der Waals surface area contributed by atoms with Gasteiger partial charge in [0.15, 0.2) is 6.10 Å². The van der Waals surface area contributed by atoms with Crippen molar-refractivity contribution >= 4 is 11.8 Å². The molecular formula is C27H30F3N5O4. The monoisotopic (exact) mass is 545 g/mol. The van der Waals surface area contributed by atoms with Crippen LogP contribution in [-0.4, -0.2) is 56.0 Å². The Morgan fingerprint density at radius 3 is 2.28 bits per heavy atom. The molecule has 2 amide bonds. The molecule has 0 saturated heterocycles. The molecule has 2 aromatic heterocycles. The van der Waals surface area contributed by atoms with Gasteiger partial charge in [0.25, 0.3) is 11.8 Å². The van der Waals surface area contributed by atoms with Crippen LogP contribution in [0.2, 0.25) is 0 Å². The number of hydrogen-bond donors (Lipinski definition) is 3. The number of aliphatic hydroxyl groups excluding tert-OH is 1. The zero-order chi connectivity index (χ0) is 27.9. The molecule has 1 unspecified atom stereocenters. The van der Waals surface area contributed by atoms with E-state index in [9.17, 15) is 27.9 Å². The highest BCUT2D eigenvalue weighted by Crippen LogP contribution is 2.33.